The average Bonchev–Trinajstić information content (AvgIpc) is 2.29. The molecule has 0 radical (unpaired) electrons. The number of nitrogens with zero attached hydrogens (tertiary/aromatic N) is 1. The zero-order valence-corrected chi connectivity index (χ0v) is 11.1. The molecule has 3 nitrogen and oxygen atoms in total. The lowest BCUT2D eigenvalue weighted by Gasteiger charge is -2.15. The molecule has 0 saturated heterocycles. The smallest absolute Gasteiger partial charge is 0.0552 e. The van der Waals surface area contributed by atoms with E-state index in [-0.39, 0.29) is 6.04 Å². The molecule has 0 saturated carbocycles. The number of anilines is 2. The van der Waals surface area contributed by atoms with Crippen molar-refractivity contribution < 1.29 is 0 Å². The third kappa shape index (κ3) is 3.20. The molecule has 0 aliphatic heterocycles. The zero-order chi connectivity index (χ0) is 12.3. The van der Waals surface area contributed by atoms with Crippen LogP contribution in [0.3, 0.4) is 0 Å². The van der Waals surface area contributed by atoms with Gasteiger partial charge >= 0.3 is 0 Å². The molecule has 1 atom stereocenters. The number of aromatic nitrogens is 1. The van der Waals surface area contributed by atoms with Crippen molar-refractivity contribution in [2.75, 3.05) is 11.1 Å². The molecule has 3 N–H and O–H groups in total. The minimum Gasteiger partial charge on any atom is -0.397 e. The standard InChI is InChI=1S/C13H14BrN3/c1-9(10-3-2-4-11(14)5-10)17-13-6-12(15)7-16-8-13/h2-9,17H,15H2,1H3. The van der Waals surface area contributed by atoms with E-state index in [1.54, 1.807) is 12.4 Å². The van der Waals surface area contributed by atoms with Crippen LogP contribution in [0.25, 0.3) is 0 Å². The van der Waals surface area contributed by atoms with Crippen molar-refractivity contribution in [1.29, 1.82) is 0 Å². The van der Waals surface area contributed by atoms with E-state index >= 15 is 0 Å². The molecule has 0 aliphatic rings. The molecule has 0 aliphatic carbocycles. The fraction of sp³-hybridized carbons (Fsp3) is 0.154. The highest BCUT2D eigenvalue weighted by molar-refractivity contribution is 9.10. The van der Waals surface area contributed by atoms with Gasteiger partial charge in [-0.1, -0.05) is 28.1 Å². The molecule has 1 aromatic heterocycles. The minimum absolute atomic E-state index is 0.205. The van der Waals surface area contributed by atoms with Crippen molar-refractivity contribution in [3.05, 3.63) is 52.8 Å². The Balaban J connectivity index is 2.14. The van der Waals surface area contributed by atoms with Gasteiger partial charge in [0.1, 0.15) is 0 Å². The number of halogens is 1. The van der Waals surface area contributed by atoms with E-state index in [0.29, 0.717) is 5.69 Å². The third-order valence-corrected chi connectivity index (χ3v) is 2.98. The van der Waals surface area contributed by atoms with Crippen LogP contribution in [-0.4, -0.2) is 4.98 Å². The normalized spacial score (nSPS) is 12.1. The summed E-state index contributed by atoms with van der Waals surface area (Å²) in [5.41, 5.74) is 8.49. The summed E-state index contributed by atoms with van der Waals surface area (Å²) in [5.74, 6) is 0. The third-order valence-electron chi connectivity index (χ3n) is 2.49. The molecule has 0 amide bonds. The molecule has 4 heteroatoms. The van der Waals surface area contributed by atoms with E-state index in [1.165, 1.54) is 5.56 Å². The lowest BCUT2D eigenvalue weighted by atomic mass is 10.1. The van der Waals surface area contributed by atoms with Gasteiger partial charge in [0.15, 0.2) is 0 Å². The summed E-state index contributed by atoms with van der Waals surface area (Å²) < 4.78 is 1.08. The lowest BCUT2D eigenvalue weighted by Crippen LogP contribution is -2.07. The minimum atomic E-state index is 0.205. The lowest BCUT2D eigenvalue weighted by molar-refractivity contribution is 0.882. The Hall–Kier alpha value is -1.55. The number of nitrogens with one attached hydrogen (secondary N) is 1. The second-order valence-electron chi connectivity index (χ2n) is 3.93. The molecule has 0 spiro atoms. The van der Waals surface area contributed by atoms with Crippen molar-refractivity contribution >= 4 is 27.3 Å². The van der Waals surface area contributed by atoms with Gasteiger partial charge in [0.2, 0.25) is 0 Å². The van der Waals surface area contributed by atoms with Gasteiger partial charge in [-0.15, -0.1) is 0 Å². The number of nitrogens with two attached hydrogens (primary N) is 1. The van der Waals surface area contributed by atoms with E-state index in [9.17, 15) is 0 Å². The van der Waals surface area contributed by atoms with E-state index < -0.39 is 0 Å². The highest BCUT2D eigenvalue weighted by Crippen LogP contribution is 2.22. The number of nitrogen functional groups attached to an aromatic ring is 1. The summed E-state index contributed by atoms with van der Waals surface area (Å²) in [6, 6.07) is 10.3. The molecular weight excluding hydrogens is 278 g/mol. The number of benzene rings is 1. The number of pyridine rings is 1. The van der Waals surface area contributed by atoms with Gasteiger partial charge in [0, 0.05) is 16.7 Å². The molecule has 2 aromatic rings. The molecule has 2 rings (SSSR count). The molecular formula is C13H14BrN3. The van der Waals surface area contributed by atoms with Gasteiger partial charge in [-0.05, 0) is 30.7 Å². The van der Waals surface area contributed by atoms with Crippen LogP contribution in [0, 0.1) is 0 Å². The fourth-order valence-corrected chi connectivity index (χ4v) is 2.06. The van der Waals surface area contributed by atoms with E-state index in [0.717, 1.165) is 10.2 Å². The van der Waals surface area contributed by atoms with E-state index in [1.807, 2.05) is 18.2 Å². The Kier molecular flexibility index (Phi) is 3.64. The molecule has 1 heterocycles. The SMILES string of the molecule is CC(Nc1cncc(N)c1)c1cccc(Br)c1. The maximum absolute atomic E-state index is 5.69. The van der Waals surface area contributed by atoms with Gasteiger partial charge in [0.05, 0.1) is 17.6 Å². The van der Waals surface area contributed by atoms with E-state index in [4.69, 9.17) is 5.73 Å². The van der Waals surface area contributed by atoms with Crippen molar-refractivity contribution in [2.45, 2.75) is 13.0 Å². The van der Waals surface area contributed by atoms with Gasteiger partial charge in [-0.3, -0.25) is 4.98 Å². The summed E-state index contributed by atoms with van der Waals surface area (Å²) in [7, 11) is 0. The molecule has 88 valence electrons. The Labute approximate surface area is 109 Å². The summed E-state index contributed by atoms with van der Waals surface area (Å²) in [6.07, 6.45) is 3.40. The van der Waals surface area contributed by atoms with Gasteiger partial charge in [-0.2, -0.15) is 0 Å². The summed E-state index contributed by atoms with van der Waals surface area (Å²) in [5, 5.41) is 3.36. The quantitative estimate of drug-likeness (QED) is 0.908. The van der Waals surface area contributed by atoms with Crippen LogP contribution in [0.4, 0.5) is 11.4 Å². The number of rotatable bonds is 3. The fourth-order valence-electron chi connectivity index (χ4n) is 1.65. The van der Waals surface area contributed by atoms with Crippen LogP contribution < -0.4 is 11.1 Å². The van der Waals surface area contributed by atoms with E-state index in [2.05, 4.69) is 45.3 Å². The maximum Gasteiger partial charge on any atom is 0.0552 e. The van der Waals surface area contributed by atoms with Crippen LogP contribution in [0.15, 0.2) is 47.2 Å². The van der Waals surface area contributed by atoms with Gasteiger partial charge in [-0.25, -0.2) is 0 Å². The van der Waals surface area contributed by atoms with Crippen LogP contribution in [-0.2, 0) is 0 Å². The predicted octanol–water partition coefficient (Wildman–Crippen LogP) is 3.60. The van der Waals surface area contributed by atoms with Crippen LogP contribution >= 0.6 is 15.9 Å². The Bertz CT molecular complexity index is 514. The van der Waals surface area contributed by atoms with Crippen LogP contribution in [0.1, 0.15) is 18.5 Å². The van der Waals surface area contributed by atoms with Crippen molar-refractivity contribution in [3.63, 3.8) is 0 Å². The summed E-state index contributed by atoms with van der Waals surface area (Å²) >= 11 is 3.47. The van der Waals surface area contributed by atoms with Crippen molar-refractivity contribution in [1.82, 2.24) is 4.98 Å². The molecule has 0 bridgehead atoms. The molecule has 17 heavy (non-hydrogen) atoms. The second-order valence-corrected chi connectivity index (χ2v) is 4.84. The number of hydrogen-bond acceptors (Lipinski definition) is 3. The first-order valence-electron chi connectivity index (χ1n) is 5.37. The highest BCUT2D eigenvalue weighted by atomic mass is 79.9. The Morgan fingerprint density at radius 2 is 2.12 bits per heavy atom. The van der Waals surface area contributed by atoms with Crippen molar-refractivity contribution in [2.24, 2.45) is 0 Å². The monoisotopic (exact) mass is 291 g/mol. The highest BCUT2D eigenvalue weighted by Gasteiger charge is 2.05. The molecule has 1 aromatic carbocycles. The topological polar surface area (TPSA) is 50.9 Å². The average molecular weight is 292 g/mol. The van der Waals surface area contributed by atoms with Gasteiger partial charge in [0.25, 0.3) is 0 Å². The summed E-state index contributed by atoms with van der Waals surface area (Å²) in [6.45, 7) is 2.10. The largest absolute Gasteiger partial charge is 0.397 e. The predicted molar refractivity (Wildman–Crippen MR) is 74.8 cm³/mol. The summed E-state index contributed by atoms with van der Waals surface area (Å²) in [4.78, 5) is 4.05. The second kappa shape index (κ2) is 5.19. The first kappa shape index (κ1) is 11.9. The first-order chi connectivity index (χ1) is 8.15. The van der Waals surface area contributed by atoms with Crippen LogP contribution in [0.5, 0.6) is 0 Å². The Morgan fingerprint density at radius 1 is 1.29 bits per heavy atom. The zero-order valence-electron chi connectivity index (χ0n) is 9.52. The van der Waals surface area contributed by atoms with Crippen molar-refractivity contribution in [3.8, 4) is 0 Å². The number of hydrogen-bond donors (Lipinski definition) is 2. The molecule has 0 fully saturated rings. The Morgan fingerprint density at radius 3 is 2.82 bits per heavy atom. The van der Waals surface area contributed by atoms with Crippen LogP contribution in [0.2, 0.25) is 0 Å². The van der Waals surface area contributed by atoms with Gasteiger partial charge < -0.3 is 11.1 Å². The maximum atomic E-state index is 5.69. The first-order valence-corrected chi connectivity index (χ1v) is 6.17. The molecule has 1 unspecified atom stereocenters.